The van der Waals surface area contributed by atoms with E-state index in [0.29, 0.717) is 44.1 Å². The number of amides is 3. The number of piperazine rings is 1. The van der Waals surface area contributed by atoms with Gasteiger partial charge in [-0.3, -0.25) is 9.59 Å². The number of carbonyl (C=O) groups excluding carboxylic acids is 3. The molecule has 31 heavy (non-hydrogen) atoms. The van der Waals surface area contributed by atoms with Crippen LogP contribution in [-0.2, 0) is 9.53 Å². The van der Waals surface area contributed by atoms with Crippen LogP contribution in [0.5, 0.6) is 5.75 Å². The van der Waals surface area contributed by atoms with Gasteiger partial charge in [-0.25, -0.2) is 4.79 Å². The molecule has 0 bridgehead atoms. The molecule has 1 aromatic carbocycles. The topological polar surface area (TPSA) is 88.2 Å². The van der Waals surface area contributed by atoms with Gasteiger partial charge in [0.2, 0.25) is 5.91 Å². The van der Waals surface area contributed by atoms with E-state index in [4.69, 9.17) is 9.47 Å². The Hall–Kier alpha value is -2.77. The molecule has 1 aliphatic heterocycles. The fraction of sp³-hybridized carbons (Fsp3) is 0.609. The fourth-order valence-electron chi connectivity index (χ4n) is 3.24. The van der Waals surface area contributed by atoms with Crippen molar-refractivity contribution in [2.24, 2.45) is 5.92 Å². The first-order chi connectivity index (χ1) is 14.5. The second-order valence-corrected chi connectivity index (χ2v) is 8.95. The molecule has 1 saturated heterocycles. The molecule has 172 valence electrons. The zero-order chi connectivity index (χ0) is 23.2. The minimum Gasteiger partial charge on any atom is -0.494 e. The molecule has 1 aromatic rings. The van der Waals surface area contributed by atoms with Crippen LogP contribution in [0.25, 0.3) is 0 Å². The Bertz CT molecular complexity index is 762. The maximum absolute atomic E-state index is 13.1. The van der Waals surface area contributed by atoms with E-state index in [9.17, 15) is 14.4 Å². The third kappa shape index (κ3) is 7.15. The highest BCUT2D eigenvalue weighted by atomic mass is 16.6. The molecular formula is C23H35N3O5. The van der Waals surface area contributed by atoms with Crippen LogP contribution in [0, 0.1) is 5.92 Å². The Morgan fingerprint density at radius 1 is 1.00 bits per heavy atom. The first-order valence-electron chi connectivity index (χ1n) is 10.8. The van der Waals surface area contributed by atoms with Gasteiger partial charge in [0.15, 0.2) is 0 Å². The molecule has 1 heterocycles. The molecule has 1 aliphatic rings. The second kappa shape index (κ2) is 10.5. The maximum atomic E-state index is 13.1. The van der Waals surface area contributed by atoms with Crippen molar-refractivity contribution in [2.45, 2.75) is 53.2 Å². The Morgan fingerprint density at radius 2 is 1.55 bits per heavy atom. The highest BCUT2D eigenvalue weighted by Crippen LogP contribution is 2.16. The van der Waals surface area contributed by atoms with Crippen LogP contribution in [0.15, 0.2) is 24.3 Å². The summed E-state index contributed by atoms with van der Waals surface area (Å²) in [6, 6.07) is 6.19. The summed E-state index contributed by atoms with van der Waals surface area (Å²) in [5, 5.41) is 2.87. The zero-order valence-corrected chi connectivity index (χ0v) is 19.4. The van der Waals surface area contributed by atoms with Crippen LogP contribution in [0.4, 0.5) is 4.79 Å². The monoisotopic (exact) mass is 433 g/mol. The lowest BCUT2D eigenvalue weighted by atomic mass is 10.0. The van der Waals surface area contributed by atoms with Gasteiger partial charge in [0, 0.05) is 31.7 Å². The number of rotatable bonds is 6. The lowest BCUT2D eigenvalue weighted by Crippen LogP contribution is -2.57. The van der Waals surface area contributed by atoms with E-state index in [2.05, 4.69) is 5.32 Å². The maximum Gasteiger partial charge on any atom is 0.410 e. The Kier molecular flexibility index (Phi) is 8.30. The molecule has 2 rings (SSSR count). The molecule has 1 N–H and O–H groups in total. The molecular weight excluding hydrogens is 398 g/mol. The zero-order valence-electron chi connectivity index (χ0n) is 19.4. The van der Waals surface area contributed by atoms with Gasteiger partial charge in [-0.2, -0.15) is 0 Å². The van der Waals surface area contributed by atoms with Gasteiger partial charge in [0.25, 0.3) is 5.91 Å². The average molecular weight is 434 g/mol. The van der Waals surface area contributed by atoms with Crippen molar-refractivity contribution < 1.29 is 23.9 Å². The SMILES string of the molecule is CCOc1ccc(C(=O)N[C@H](C(=O)N2CCN(C(=O)OC(C)(C)C)CC2)C(C)C)cc1. The summed E-state index contributed by atoms with van der Waals surface area (Å²) in [5.74, 6) is 0.169. The highest BCUT2D eigenvalue weighted by Gasteiger charge is 2.33. The molecule has 0 aliphatic carbocycles. The molecule has 3 amide bonds. The Labute approximate surface area is 184 Å². The number of benzene rings is 1. The smallest absolute Gasteiger partial charge is 0.410 e. The summed E-state index contributed by atoms with van der Waals surface area (Å²) in [4.78, 5) is 41.3. The third-order valence-electron chi connectivity index (χ3n) is 4.89. The van der Waals surface area contributed by atoms with Gasteiger partial charge in [-0.05, 0) is 57.9 Å². The van der Waals surface area contributed by atoms with Crippen LogP contribution in [0.2, 0.25) is 0 Å². The lowest BCUT2D eigenvalue weighted by molar-refractivity contribution is -0.136. The van der Waals surface area contributed by atoms with Crippen molar-refractivity contribution in [3.8, 4) is 5.75 Å². The lowest BCUT2D eigenvalue weighted by Gasteiger charge is -2.37. The van der Waals surface area contributed by atoms with Gasteiger partial charge >= 0.3 is 6.09 Å². The summed E-state index contributed by atoms with van der Waals surface area (Å²) in [7, 11) is 0. The molecule has 8 heteroatoms. The van der Waals surface area contributed by atoms with E-state index < -0.39 is 11.6 Å². The highest BCUT2D eigenvalue weighted by molar-refractivity contribution is 5.97. The molecule has 0 aromatic heterocycles. The van der Waals surface area contributed by atoms with Crippen LogP contribution in [-0.4, -0.2) is 72.1 Å². The molecule has 8 nitrogen and oxygen atoms in total. The molecule has 1 atom stereocenters. The van der Waals surface area contributed by atoms with Crippen LogP contribution < -0.4 is 10.1 Å². The predicted molar refractivity (Wildman–Crippen MR) is 118 cm³/mol. The van der Waals surface area contributed by atoms with Crippen LogP contribution in [0.3, 0.4) is 0 Å². The number of carbonyl (C=O) groups is 3. The van der Waals surface area contributed by atoms with E-state index in [-0.39, 0.29) is 23.8 Å². The largest absolute Gasteiger partial charge is 0.494 e. The molecule has 1 fully saturated rings. The van der Waals surface area contributed by atoms with E-state index >= 15 is 0 Å². The molecule has 0 unspecified atom stereocenters. The van der Waals surface area contributed by atoms with Gasteiger partial charge in [-0.15, -0.1) is 0 Å². The van der Waals surface area contributed by atoms with Crippen LogP contribution in [0.1, 0.15) is 51.9 Å². The van der Waals surface area contributed by atoms with E-state index in [1.165, 1.54) is 0 Å². The minimum absolute atomic E-state index is 0.0805. The van der Waals surface area contributed by atoms with Crippen molar-refractivity contribution in [3.05, 3.63) is 29.8 Å². The first-order valence-corrected chi connectivity index (χ1v) is 10.8. The Morgan fingerprint density at radius 3 is 2.03 bits per heavy atom. The predicted octanol–water partition coefficient (Wildman–Crippen LogP) is 2.92. The minimum atomic E-state index is -0.646. The standard InChI is InChI=1S/C23H35N3O5/c1-7-30-18-10-8-17(9-11-18)20(27)24-19(16(2)3)21(28)25-12-14-26(15-13-25)22(29)31-23(4,5)6/h8-11,16,19H,7,12-15H2,1-6H3,(H,24,27)/t19-/m0/s1. The summed E-state index contributed by atoms with van der Waals surface area (Å²) < 4.78 is 10.8. The number of ether oxygens (including phenoxy) is 2. The van der Waals surface area contributed by atoms with E-state index in [1.54, 1.807) is 34.1 Å². The van der Waals surface area contributed by atoms with Crippen molar-refractivity contribution in [2.75, 3.05) is 32.8 Å². The fourth-order valence-corrected chi connectivity index (χ4v) is 3.24. The van der Waals surface area contributed by atoms with Crippen molar-refractivity contribution in [3.63, 3.8) is 0 Å². The van der Waals surface area contributed by atoms with Gasteiger partial charge in [-0.1, -0.05) is 13.8 Å². The van der Waals surface area contributed by atoms with Crippen LogP contribution >= 0.6 is 0 Å². The van der Waals surface area contributed by atoms with Gasteiger partial charge in [0.1, 0.15) is 17.4 Å². The van der Waals surface area contributed by atoms with Gasteiger partial charge < -0.3 is 24.6 Å². The van der Waals surface area contributed by atoms with Crippen molar-refractivity contribution in [1.29, 1.82) is 0 Å². The Balaban J connectivity index is 1.96. The summed E-state index contributed by atoms with van der Waals surface area (Å²) in [6.07, 6.45) is -0.371. The van der Waals surface area contributed by atoms with E-state index in [1.807, 2.05) is 41.5 Å². The second-order valence-electron chi connectivity index (χ2n) is 8.95. The summed E-state index contributed by atoms with van der Waals surface area (Å²) in [5.41, 5.74) is -0.0885. The van der Waals surface area contributed by atoms with Crippen molar-refractivity contribution in [1.82, 2.24) is 15.1 Å². The number of hydrogen-bond donors (Lipinski definition) is 1. The first kappa shape index (κ1) is 24.5. The summed E-state index contributed by atoms with van der Waals surface area (Å²) >= 11 is 0. The average Bonchev–Trinajstić information content (AvgIpc) is 2.71. The number of nitrogens with zero attached hydrogens (tertiary/aromatic N) is 2. The van der Waals surface area contributed by atoms with Crippen molar-refractivity contribution >= 4 is 17.9 Å². The molecule has 0 saturated carbocycles. The van der Waals surface area contributed by atoms with E-state index in [0.717, 1.165) is 0 Å². The number of hydrogen-bond acceptors (Lipinski definition) is 5. The van der Waals surface area contributed by atoms with Gasteiger partial charge in [0.05, 0.1) is 6.61 Å². The molecule has 0 radical (unpaired) electrons. The molecule has 0 spiro atoms. The number of nitrogens with one attached hydrogen (secondary N) is 1. The third-order valence-corrected chi connectivity index (χ3v) is 4.89. The summed E-state index contributed by atoms with van der Waals surface area (Å²) in [6.45, 7) is 13.3. The quantitative estimate of drug-likeness (QED) is 0.745. The normalized spacial score (nSPS) is 15.5.